The Labute approximate surface area is 95.4 Å². The van der Waals surface area contributed by atoms with Crippen LogP contribution in [0.5, 0.6) is 0 Å². The van der Waals surface area contributed by atoms with E-state index in [-0.39, 0.29) is 5.91 Å². The van der Waals surface area contributed by atoms with Crippen LogP contribution in [0.25, 0.3) is 0 Å². The van der Waals surface area contributed by atoms with E-state index < -0.39 is 17.6 Å². The molecule has 1 atom stereocenters. The Bertz CT molecular complexity index is 288. The Morgan fingerprint density at radius 1 is 1.38 bits per heavy atom. The second-order valence-corrected chi connectivity index (χ2v) is 4.56. The summed E-state index contributed by atoms with van der Waals surface area (Å²) in [5.41, 5.74) is -0.953. The Balaban J connectivity index is 2.83. The van der Waals surface area contributed by atoms with Gasteiger partial charge in [-0.15, -0.1) is 0 Å². The number of carboxylic acid groups (broad SMARTS) is 1. The monoisotopic (exact) mass is 229 g/mol. The number of piperidine rings is 1. The fourth-order valence-corrected chi connectivity index (χ4v) is 1.86. The first-order chi connectivity index (χ1) is 7.40. The molecule has 0 radical (unpaired) electrons. The minimum Gasteiger partial charge on any atom is -0.480 e. The van der Waals surface area contributed by atoms with Crippen LogP contribution in [0.15, 0.2) is 0 Å². The number of amides is 1. The summed E-state index contributed by atoms with van der Waals surface area (Å²) in [4.78, 5) is 24.6. The van der Waals surface area contributed by atoms with E-state index in [9.17, 15) is 9.59 Å². The van der Waals surface area contributed by atoms with Crippen molar-refractivity contribution in [3.63, 3.8) is 0 Å². The quantitative estimate of drug-likeness (QED) is 0.780. The van der Waals surface area contributed by atoms with E-state index in [1.165, 1.54) is 12.0 Å². The van der Waals surface area contributed by atoms with Gasteiger partial charge in [-0.25, -0.2) is 4.79 Å². The standard InChI is InChI=1S/C11H19NO4/c1-11(2,16-3)10(15)12-7-5-4-6-8(12)9(13)14/h8H,4-7H2,1-3H3,(H,13,14)/t8-/m0/s1. The van der Waals surface area contributed by atoms with E-state index in [2.05, 4.69) is 0 Å². The highest BCUT2D eigenvalue weighted by atomic mass is 16.5. The molecular weight excluding hydrogens is 210 g/mol. The third-order valence-corrected chi connectivity index (χ3v) is 3.07. The van der Waals surface area contributed by atoms with Crippen molar-refractivity contribution in [3.05, 3.63) is 0 Å². The van der Waals surface area contributed by atoms with Crippen LogP contribution in [0, 0.1) is 0 Å². The Kier molecular flexibility index (Phi) is 3.91. The summed E-state index contributed by atoms with van der Waals surface area (Å²) in [5, 5.41) is 9.06. The van der Waals surface area contributed by atoms with Crippen LogP contribution in [0.3, 0.4) is 0 Å². The molecule has 1 aliphatic rings. The molecule has 0 bridgehead atoms. The average molecular weight is 229 g/mol. The lowest BCUT2D eigenvalue weighted by molar-refractivity contribution is -0.162. The minimum atomic E-state index is -0.953. The van der Waals surface area contributed by atoms with Gasteiger partial charge in [0.05, 0.1) is 0 Å². The van der Waals surface area contributed by atoms with Crippen molar-refractivity contribution in [2.45, 2.75) is 44.8 Å². The first-order valence-electron chi connectivity index (χ1n) is 5.49. The molecule has 0 aromatic heterocycles. The van der Waals surface area contributed by atoms with Crippen LogP contribution < -0.4 is 0 Å². The fourth-order valence-electron chi connectivity index (χ4n) is 1.86. The van der Waals surface area contributed by atoms with E-state index >= 15 is 0 Å². The third-order valence-electron chi connectivity index (χ3n) is 3.07. The number of aliphatic carboxylic acids is 1. The molecular formula is C11H19NO4. The van der Waals surface area contributed by atoms with Gasteiger partial charge < -0.3 is 14.7 Å². The summed E-state index contributed by atoms with van der Waals surface area (Å²) in [6.45, 7) is 3.81. The van der Waals surface area contributed by atoms with E-state index in [1.807, 2.05) is 0 Å². The molecule has 5 heteroatoms. The van der Waals surface area contributed by atoms with Crippen molar-refractivity contribution in [3.8, 4) is 0 Å². The normalized spacial score (nSPS) is 21.9. The second-order valence-electron chi connectivity index (χ2n) is 4.56. The van der Waals surface area contributed by atoms with Gasteiger partial charge >= 0.3 is 5.97 Å². The zero-order valence-electron chi connectivity index (χ0n) is 10.0. The molecule has 0 aromatic carbocycles. The maximum atomic E-state index is 12.1. The highest BCUT2D eigenvalue weighted by molar-refractivity contribution is 5.89. The van der Waals surface area contributed by atoms with E-state index in [4.69, 9.17) is 9.84 Å². The van der Waals surface area contributed by atoms with Crippen molar-refractivity contribution < 1.29 is 19.4 Å². The van der Waals surface area contributed by atoms with Gasteiger partial charge in [0.1, 0.15) is 11.6 Å². The van der Waals surface area contributed by atoms with Crippen LogP contribution in [-0.2, 0) is 14.3 Å². The first kappa shape index (κ1) is 13.0. The topological polar surface area (TPSA) is 66.8 Å². The number of carboxylic acids is 1. The zero-order valence-corrected chi connectivity index (χ0v) is 10.0. The highest BCUT2D eigenvalue weighted by Crippen LogP contribution is 2.22. The predicted octanol–water partition coefficient (Wildman–Crippen LogP) is 0.877. The number of rotatable bonds is 3. The van der Waals surface area contributed by atoms with Gasteiger partial charge in [0.2, 0.25) is 0 Å². The Hall–Kier alpha value is -1.10. The van der Waals surface area contributed by atoms with Crippen molar-refractivity contribution in [1.82, 2.24) is 4.90 Å². The first-order valence-corrected chi connectivity index (χ1v) is 5.49. The van der Waals surface area contributed by atoms with Crippen molar-refractivity contribution in [2.24, 2.45) is 0 Å². The Morgan fingerprint density at radius 3 is 2.50 bits per heavy atom. The molecule has 1 aliphatic heterocycles. The fraction of sp³-hybridized carbons (Fsp3) is 0.818. The summed E-state index contributed by atoms with van der Waals surface area (Å²) in [5.74, 6) is -1.18. The number of hydrogen-bond acceptors (Lipinski definition) is 3. The molecule has 1 saturated heterocycles. The molecule has 0 unspecified atom stereocenters. The van der Waals surface area contributed by atoms with Gasteiger partial charge in [0.15, 0.2) is 0 Å². The largest absolute Gasteiger partial charge is 0.480 e. The molecule has 92 valence electrons. The number of ether oxygens (including phenoxy) is 1. The second kappa shape index (κ2) is 4.82. The number of likely N-dealkylation sites (tertiary alicyclic amines) is 1. The molecule has 0 saturated carbocycles. The lowest BCUT2D eigenvalue weighted by Crippen LogP contribution is -2.55. The summed E-state index contributed by atoms with van der Waals surface area (Å²) in [7, 11) is 1.46. The molecule has 5 nitrogen and oxygen atoms in total. The SMILES string of the molecule is COC(C)(C)C(=O)N1CCCC[C@H]1C(=O)O. The summed E-state index contributed by atoms with van der Waals surface area (Å²) < 4.78 is 5.10. The molecule has 1 amide bonds. The smallest absolute Gasteiger partial charge is 0.326 e. The molecule has 0 aliphatic carbocycles. The number of methoxy groups -OCH3 is 1. The number of hydrogen-bond donors (Lipinski definition) is 1. The summed E-state index contributed by atoms with van der Waals surface area (Å²) in [6.07, 6.45) is 2.24. The van der Waals surface area contributed by atoms with Crippen LogP contribution in [0.2, 0.25) is 0 Å². The van der Waals surface area contributed by atoms with Gasteiger partial charge in [0, 0.05) is 13.7 Å². The van der Waals surface area contributed by atoms with E-state index in [0.717, 1.165) is 12.8 Å². The zero-order chi connectivity index (χ0) is 12.3. The number of carbonyl (C=O) groups excluding carboxylic acids is 1. The third kappa shape index (κ3) is 2.52. The lowest BCUT2D eigenvalue weighted by atomic mass is 9.98. The molecule has 1 N–H and O–H groups in total. The van der Waals surface area contributed by atoms with E-state index in [1.54, 1.807) is 13.8 Å². The molecule has 16 heavy (non-hydrogen) atoms. The molecule has 0 spiro atoms. The number of carbonyl (C=O) groups is 2. The van der Waals surface area contributed by atoms with Crippen molar-refractivity contribution >= 4 is 11.9 Å². The predicted molar refractivity (Wildman–Crippen MR) is 58.1 cm³/mol. The van der Waals surface area contributed by atoms with Crippen LogP contribution in [-0.4, -0.2) is 47.2 Å². The van der Waals surface area contributed by atoms with Crippen molar-refractivity contribution in [2.75, 3.05) is 13.7 Å². The molecule has 0 aromatic rings. The van der Waals surface area contributed by atoms with Gasteiger partial charge in [0.25, 0.3) is 5.91 Å². The highest BCUT2D eigenvalue weighted by Gasteiger charge is 2.39. The van der Waals surface area contributed by atoms with Gasteiger partial charge in [-0.2, -0.15) is 0 Å². The summed E-state index contributed by atoms with van der Waals surface area (Å²) in [6, 6.07) is -0.698. The van der Waals surface area contributed by atoms with Gasteiger partial charge in [-0.3, -0.25) is 4.79 Å². The maximum absolute atomic E-state index is 12.1. The van der Waals surface area contributed by atoms with Gasteiger partial charge in [-0.05, 0) is 33.1 Å². The number of nitrogens with zero attached hydrogens (tertiary/aromatic N) is 1. The summed E-state index contributed by atoms with van der Waals surface area (Å²) >= 11 is 0. The minimum absolute atomic E-state index is 0.248. The van der Waals surface area contributed by atoms with E-state index in [0.29, 0.717) is 13.0 Å². The van der Waals surface area contributed by atoms with Gasteiger partial charge in [-0.1, -0.05) is 0 Å². The van der Waals surface area contributed by atoms with Crippen LogP contribution >= 0.6 is 0 Å². The Morgan fingerprint density at radius 2 is 2.00 bits per heavy atom. The molecule has 1 fully saturated rings. The lowest BCUT2D eigenvalue weighted by Gasteiger charge is -2.37. The van der Waals surface area contributed by atoms with Crippen LogP contribution in [0.4, 0.5) is 0 Å². The van der Waals surface area contributed by atoms with Crippen molar-refractivity contribution in [1.29, 1.82) is 0 Å². The average Bonchev–Trinajstić information content (AvgIpc) is 2.28. The molecule has 1 rings (SSSR count). The molecule has 1 heterocycles. The maximum Gasteiger partial charge on any atom is 0.326 e. The van der Waals surface area contributed by atoms with Crippen LogP contribution in [0.1, 0.15) is 33.1 Å².